The van der Waals surface area contributed by atoms with Gasteiger partial charge in [0.25, 0.3) is 0 Å². The molecular weight excluding hydrogens is 327 g/mol. The molecule has 2 rings (SSSR count). The number of rotatable bonds is 5. The lowest BCUT2D eigenvalue weighted by molar-refractivity contribution is 0.621. The van der Waals surface area contributed by atoms with Crippen LogP contribution in [0.4, 0.5) is 15.8 Å². The smallest absolute Gasteiger partial charge is 0.139 e. The van der Waals surface area contributed by atoms with E-state index in [1.165, 1.54) is 10.9 Å². The summed E-state index contributed by atoms with van der Waals surface area (Å²) < 4.78 is 13.8. The van der Waals surface area contributed by atoms with Gasteiger partial charge in [-0.25, -0.2) is 4.39 Å². The minimum atomic E-state index is -0.341. The maximum absolute atomic E-state index is 13.4. The van der Waals surface area contributed by atoms with Crippen molar-refractivity contribution in [3.05, 3.63) is 44.8 Å². The Bertz CT molecular complexity index is 543. The average molecular weight is 343 g/mol. The van der Waals surface area contributed by atoms with Crippen LogP contribution in [0, 0.1) is 5.82 Å². The van der Waals surface area contributed by atoms with Crippen LogP contribution in [0.5, 0.6) is 0 Å². The first-order valence-electron chi connectivity index (χ1n) is 6.16. The molecule has 102 valence electrons. The van der Waals surface area contributed by atoms with E-state index in [-0.39, 0.29) is 11.9 Å². The fourth-order valence-electron chi connectivity index (χ4n) is 1.94. The Labute approximate surface area is 125 Å². The van der Waals surface area contributed by atoms with Crippen LogP contribution in [-0.4, -0.2) is 0 Å². The fraction of sp³-hybridized carbons (Fsp3) is 0.286. The quantitative estimate of drug-likeness (QED) is 0.734. The minimum absolute atomic E-state index is 0.213. The molecule has 0 aliphatic rings. The van der Waals surface area contributed by atoms with Gasteiger partial charge in [0.15, 0.2) is 0 Å². The van der Waals surface area contributed by atoms with E-state index >= 15 is 0 Å². The molecule has 0 amide bonds. The summed E-state index contributed by atoms with van der Waals surface area (Å²) in [4.78, 5) is 1.27. The summed E-state index contributed by atoms with van der Waals surface area (Å²) in [7, 11) is 0. The molecule has 2 nitrogen and oxygen atoms in total. The van der Waals surface area contributed by atoms with Crippen LogP contribution < -0.4 is 11.1 Å². The lowest BCUT2D eigenvalue weighted by Gasteiger charge is -2.19. The molecule has 1 heterocycles. The Balaban J connectivity index is 2.24. The van der Waals surface area contributed by atoms with E-state index in [9.17, 15) is 4.39 Å². The minimum Gasteiger partial charge on any atom is -0.397 e. The van der Waals surface area contributed by atoms with Crippen molar-refractivity contribution in [3.63, 3.8) is 0 Å². The Morgan fingerprint density at radius 2 is 2.26 bits per heavy atom. The van der Waals surface area contributed by atoms with Gasteiger partial charge < -0.3 is 11.1 Å². The summed E-state index contributed by atoms with van der Waals surface area (Å²) in [5.41, 5.74) is 7.06. The van der Waals surface area contributed by atoms with Crippen molar-refractivity contribution in [1.29, 1.82) is 0 Å². The van der Waals surface area contributed by atoms with Crippen molar-refractivity contribution in [1.82, 2.24) is 0 Å². The first-order valence-corrected chi connectivity index (χ1v) is 7.83. The molecule has 0 bridgehead atoms. The number of nitrogens with one attached hydrogen (secondary N) is 1. The van der Waals surface area contributed by atoms with Gasteiger partial charge in [0, 0.05) is 10.9 Å². The first kappa shape index (κ1) is 14.3. The summed E-state index contributed by atoms with van der Waals surface area (Å²) in [6.45, 7) is 2.15. The third-order valence-corrected chi connectivity index (χ3v) is 4.48. The number of thiophene rings is 1. The van der Waals surface area contributed by atoms with Gasteiger partial charge in [-0.15, -0.1) is 11.3 Å². The summed E-state index contributed by atoms with van der Waals surface area (Å²) in [6.07, 6.45) is 2.08. The number of hydrogen-bond donors (Lipinski definition) is 2. The van der Waals surface area contributed by atoms with Gasteiger partial charge >= 0.3 is 0 Å². The van der Waals surface area contributed by atoms with Crippen molar-refractivity contribution in [2.24, 2.45) is 0 Å². The highest BCUT2D eigenvalue weighted by molar-refractivity contribution is 9.10. The zero-order valence-corrected chi connectivity index (χ0v) is 13.0. The van der Waals surface area contributed by atoms with Gasteiger partial charge in [-0.1, -0.05) is 19.4 Å². The monoisotopic (exact) mass is 342 g/mol. The predicted molar refractivity (Wildman–Crippen MR) is 84.1 cm³/mol. The first-order chi connectivity index (χ1) is 9.11. The van der Waals surface area contributed by atoms with Crippen LogP contribution >= 0.6 is 27.3 Å². The van der Waals surface area contributed by atoms with Crippen LogP contribution in [0.2, 0.25) is 0 Å². The van der Waals surface area contributed by atoms with Crippen LogP contribution in [-0.2, 0) is 0 Å². The van der Waals surface area contributed by atoms with Crippen molar-refractivity contribution in [2.75, 3.05) is 11.1 Å². The molecule has 0 saturated carbocycles. The average Bonchev–Trinajstić information content (AvgIpc) is 2.89. The van der Waals surface area contributed by atoms with E-state index in [1.807, 2.05) is 6.07 Å². The number of halogens is 2. The number of nitrogens with two attached hydrogens (primary N) is 1. The molecule has 1 aromatic carbocycles. The summed E-state index contributed by atoms with van der Waals surface area (Å²) in [6, 6.07) is 7.39. The van der Waals surface area contributed by atoms with Gasteiger partial charge in [-0.05, 0) is 39.9 Å². The van der Waals surface area contributed by atoms with Crippen LogP contribution in [0.15, 0.2) is 34.1 Å². The SMILES string of the molecule is CCCC(Nc1cc(Br)c(F)cc1N)c1cccs1. The highest BCUT2D eigenvalue weighted by atomic mass is 79.9. The Hall–Kier alpha value is -1.07. The molecule has 0 fully saturated rings. The van der Waals surface area contributed by atoms with E-state index in [0.29, 0.717) is 10.2 Å². The second kappa shape index (κ2) is 6.39. The fourth-order valence-corrected chi connectivity index (χ4v) is 3.09. The van der Waals surface area contributed by atoms with Gasteiger partial charge in [-0.2, -0.15) is 0 Å². The zero-order valence-electron chi connectivity index (χ0n) is 10.6. The number of anilines is 2. The summed E-state index contributed by atoms with van der Waals surface area (Å²) in [5.74, 6) is -0.341. The number of hydrogen-bond acceptors (Lipinski definition) is 3. The topological polar surface area (TPSA) is 38.0 Å². The maximum Gasteiger partial charge on any atom is 0.139 e. The normalized spacial score (nSPS) is 12.4. The van der Waals surface area contributed by atoms with Crippen LogP contribution in [0.3, 0.4) is 0 Å². The van der Waals surface area contributed by atoms with Gasteiger partial charge in [-0.3, -0.25) is 0 Å². The largest absolute Gasteiger partial charge is 0.397 e. The standard InChI is InChI=1S/C14H16BrFN2S/c1-2-4-12(14-5-3-6-19-14)18-13-7-9(15)10(16)8-11(13)17/h3,5-8,12,18H,2,4,17H2,1H3. The number of nitrogen functional groups attached to an aromatic ring is 1. The summed E-state index contributed by atoms with van der Waals surface area (Å²) >= 11 is 4.90. The lowest BCUT2D eigenvalue weighted by Crippen LogP contribution is -2.11. The zero-order chi connectivity index (χ0) is 13.8. The Kier molecular flexibility index (Phi) is 4.82. The third-order valence-electron chi connectivity index (χ3n) is 2.89. The predicted octanol–water partition coefficient (Wildman–Crippen LogP) is 5.19. The third kappa shape index (κ3) is 3.48. The van der Waals surface area contributed by atoms with E-state index in [2.05, 4.69) is 39.6 Å². The second-order valence-electron chi connectivity index (χ2n) is 4.35. The molecule has 0 spiro atoms. The van der Waals surface area contributed by atoms with Crippen molar-refractivity contribution < 1.29 is 4.39 Å². The molecule has 1 unspecified atom stereocenters. The van der Waals surface area contributed by atoms with E-state index in [4.69, 9.17) is 5.73 Å². The molecule has 0 saturated heterocycles. The molecule has 19 heavy (non-hydrogen) atoms. The Morgan fingerprint density at radius 1 is 1.47 bits per heavy atom. The lowest BCUT2D eigenvalue weighted by atomic mass is 10.1. The highest BCUT2D eigenvalue weighted by Crippen LogP contribution is 2.32. The molecular formula is C14H16BrFN2S. The molecule has 0 aliphatic carbocycles. The van der Waals surface area contributed by atoms with Crippen molar-refractivity contribution >= 4 is 38.6 Å². The molecule has 3 N–H and O–H groups in total. The highest BCUT2D eigenvalue weighted by Gasteiger charge is 2.14. The van der Waals surface area contributed by atoms with E-state index in [0.717, 1.165) is 18.5 Å². The van der Waals surface area contributed by atoms with Crippen molar-refractivity contribution in [3.8, 4) is 0 Å². The maximum atomic E-state index is 13.4. The van der Waals surface area contributed by atoms with E-state index in [1.54, 1.807) is 17.4 Å². The second-order valence-corrected chi connectivity index (χ2v) is 6.19. The molecule has 1 aromatic heterocycles. The van der Waals surface area contributed by atoms with Gasteiger partial charge in [0.2, 0.25) is 0 Å². The molecule has 0 radical (unpaired) electrons. The Morgan fingerprint density at radius 3 is 2.89 bits per heavy atom. The van der Waals surface area contributed by atoms with E-state index < -0.39 is 0 Å². The van der Waals surface area contributed by atoms with Crippen molar-refractivity contribution in [2.45, 2.75) is 25.8 Å². The molecule has 1 atom stereocenters. The molecule has 5 heteroatoms. The van der Waals surface area contributed by atoms with Gasteiger partial charge in [0.1, 0.15) is 5.82 Å². The van der Waals surface area contributed by atoms with Gasteiger partial charge in [0.05, 0.1) is 21.9 Å². The molecule has 2 aromatic rings. The number of benzene rings is 1. The van der Waals surface area contributed by atoms with Crippen LogP contribution in [0.1, 0.15) is 30.7 Å². The molecule has 0 aliphatic heterocycles. The summed E-state index contributed by atoms with van der Waals surface area (Å²) in [5, 5.41) is 5.47. The van der Waals surface area contributed by atoms with Crippen LogP contribution in [0.25, 0.3) is 0 Å².